The van der Waals surface area contributed by atoms with Crippen molar-refractivity contribution in [3.05, 3.63) is 0 Å². The van der Waals surface area contributed by atoms with E-state index in [1.54, 1.807) is 0 Å². The molecule has 0 aliphatic carbocycles. The van der Waals surface area contributed by atoms with Crippen molar-refractivity contribution in [2.24, 2.45) is 0 Å². The van der Waals surface area contributed by atoms with Gasteiger partial charge in [0.1, 0.15) is 0 Å². The van der Waals surface area contributed by atoms with Crippen LogP contribution in [0.25, 0.3) is 0 Å². The average Bonchev–Trinajstić information content (AvgIpc) is 2.26. The Hall–Kier alpha value is -0.220. The van der Waals surface area contributed by atoms with E-state index in [1.807, 2.05) is 16.7 Å². The lowest BCUT2D eigenvalue weighted by Gasteiger charge is -2.32. The number of thioether (sulfide) groups is 1. The normalized spacial score (nSPS) is 22.4. The van der Waals surface area contributed by atoms with Crippen molar-refractivity contribution in [1.29, 1.82) is 0 Å². The Morgan fingerprint density at radius 3 is 3.07 bits per heavy atom. The maximum Gasteiger partial charge on any atom is 0.222 e. The number of nitrogens with zero attached hydrogens (tertiary/aromatic N) is 1. The fourth-order valence-corrected chi connectivity index (χ4v) is 2.76. The highest BCUT2D eigenvalue weighted by Crippen LogP contribution is 2.21. The predicted octanol–water partition coefficient (Wildman–Crippen LogP) is 1.11. The highest BCUT2D eigenvalue weighted by atomic mass is 32.2. The molecule has 0 aromatic rings. The van der Waals surface area contributed by atoms with Crippen LogP contribution in [0.1, 0.15) is 26.2 Å². The van der Waals surface area contributed by atoms with Gasteiger partial charge in [-0.05, 0) is 12.8 Å². The topological polar surface area (TPSA) is 40.5 Å². The van der Waals surface area contributed by atoms with Gasteiger partial charge in [-0.1, -0.05) is 6.92 Å². The highest BCUT2D eigenvalue weighted by Gasteiger charge is 2.22. The molecular weight excluding hydrogens is 198 g/mol. The average molecular weight is 217 g/mol. The summed E-state index contributed by atoms with van der Waals surface area (Å²) >= 11 is 1.96. The lowest BCUT2D eigenvalue weighted by Crippen LogP contribution is -2.41. The van der Waals surface area contributed by atoms with Gasteiger partial charge in [-0.3, -0.25) is 4.79 Å². The molecule has 1 fully saturated rings. The Morgan fingerprint density at radius 2 is 2.43 bits per heavy atom. The molecule has 1 aliphatic heterocycles. The first-order valence-corrected chi connectivity index (χ1v) is 6.33. The van der Waals surface area contributed by atoms with Gasteiger partial charge in [0, 0.05) is 37.1 Å². The Kier molecular flexibility index (Phi) is 5.33. The highest BCUT2D eigenvalue weighted by molar-refractivity contribution is 8.00. The van der Waals surface area contributed by atoms with Gasteiger partial charge in [0.2, 0.25) is 5.91 Å². The van der Waals surface area contributed by atoms with Gasteiger partial charge >= 0.3 is 0 Å². The largest absolute Gasteiger partial charge is 0.396 e. The molecule has 1 rings (SSSR count). The van der Waals surface area contributed by atoms with Gasteiger partial charge in [0.25, 0.3) is 0 Å². The second-order valence-electron chi connectivity index (χ2n) is 3.57. The van der Waals surface area contributed by atoms with Crippen LogP contribution < -0.4 is 0 Å². The van der Waals surface area contributed by atoms with Gasteiger partial charge in [0.15, 0.2) is 0 Å². The fraction of sp³-hybridized carbons (Fsp3) is 0.900. The molecule has 0 spiro atoms. The molecule has 14 heavy (non-hydrogen) atoms. The number of carbonyl (C=O) groups is 1. The summed E-state index contributed by atoms with van der Waals surface area (Å²) in [7, 11) is 0. The monoisotopic (exact) mass is 217 g/mol. The SMILES string of the molecule is CCC1CN(C(=O)CCCO)CCS1. The molecule has 1 amide bonds. The molecule has 1 saturated heterocycles. The van der Waals surface area contributed by atoms with Gasteiger partial charge in [0.05, 0.1) is 0 Å². The molecule has 1 heterocycles. The van der Waals surface area contributed by atoms with Crippen molar-refractivity contribution < 1.29 is 9.90 Å². The minimum absolute atomic E-state index is 0.117. The van der Waals surface area contributed by atoms with E-state index in [2.05, 4.69) is 6.92 Å². The van der Waals surface area contributed by atoms with E-state index in [4.69, 9.17) is 5.11 Å². The first-order chi connectivity index (χ1) is 6.77. The van der Waals surface area contributed by atoms with Crippen molar-refractivity contribution in [3.63, 3.8) is 0 Å². The zero-order valence-corrected chi connectivity index (χ0v) is 9.55. The van der Waals surface area contributed by atoms with Gasteiger partial charge < -0.3 is 10.0 Å². The van der Waals surface area contributed by atoms with Crippen molar-refractivity contribution in [1.82, 2.24) is 4.90 Å². The van der Waals surface area contributed by atoms with Crippen LogP contribution in [0.3, 0.4) is 0 Å². The third-order valence-electron chi connectivity index (χ3n) is 2.50. The Labute approximate surface area is 89.9 Å². The lowest BCUT2D eigenvalue weighted by molar-refractivity contribution is -0.131. The first kappa shape index (κ1) is 11.9. The van der Waals surface area contributed by atoms with E-state index in [0.717, 1.165) is 25.3 Å². The number of aliphatic hydroxyl groups is 1. The van der Waals surface area contributed by atoms with E-state index in [0.29, 0.717) is 18.1 Å². The molecule has 1 unspecified atom stereocenters. The van der Waals surface area contributed by atoms with Crippen LogP contribution >= 0.6 is 11.8 Å². The second-order valence-corrected chi connectivity index (χ2v) is 4.98. The van der Waals surface area contributed by atoms with Crippen LogP contribution in [0.15, 0.2) is 0 Å². The zero-order valence-electron chi connectivity index (χ0n) is 8.74. The van der Waals surface area contributed by atoms with Gasteiger partial charge in [-0.15, -0.1) is 0 Å². The van der Waals surface area contributed by atoms with Crippen LogP contribution in [0.4, 0.5) is 0 Å². The number of hydrogen-bond acceptors (Lipinski definition) is 3. The van der Waals surface area contributed by atoms with Crippen LogP contribution in [0, 0.1) is 0 Å². The summed E-state index contributed by atoms with van der Waals surface area (Å²) in [5, 5.41) is 9.25. The first-order valence-electron chi connectivity index (χ1n) is 5.28. The molecule has 0 saturated carbocycles. The summed E-state index contributed by atoms with van der Waals surface area (Å²) in [5.74, 6) is 1.27. The third-order valence-corrected chi connectivity index (χ3v) is 3.87. The lowest BCUT2D eigenvalue weighted by atomic mass is 10.2. The molecule has 0 aromatic carbocycles. The number of amides is 1. The van der Waals surface area contributed by atoms with E-state index < -0.39 is 0 Å². The summed E-state index contributed by atoms with van der Waals surface area (Å²) in [6.45, 7) is 4.06. The third kappa shape index (κ3) is 3.50. The molecule has 1 atom stereocenters. The van der Waals surface area contributed by atoms with Crippen LogP contribution in [0.5, 0.6) is 0 Å². The standard InChI is InChI=1S/C10H19NO2S/c1-2-9-8-11(5-7-14-9)10(13)4-3-6-12/h9,12H,2-8H2,1H3. The molecule has 0 radical (unpaired) electrons. The molecule has 1 aliphatic rings. The summed E-state index contributed by atoms with van der Waals surface area (Å²) < 4.78 is 0. The molecule has 4 heteroatoms. The molecule has 0 aromatic heterocycles. The van der Waals surface area contributed by atoms with Gasteiger partial charge in [-0.25, -0.2) is 0 Å². The number of aliphatic hydroxyl groups excluding tert-OH is 1. The van der Waals surface area contributed by atoms with Gasteiger partial charge in [-0.2, -0.15) is 11.8 Å². The molecule has 1 N–H and O–H groups in total. The number of carbonyl (C=O) groups excluding carboxylic acids is 1. The minimum Gasteiger partial charge on any atom is -0.396 e. The summed E-state index contributed by atoms with van der Waals surface area (Å²) in [4.78, 5) is 13.6. The van der Waals surface area contributed by atoms with E-state index in [-0.39, 0.29) is 12.5 Å². The van der Waals surface area contributed by atoms with E-state index >= 15 is 0 Å². The van der Waals surface area contributed by atoms with Crippen molar-refractivity contribution in [3.8, 4) is 0 Å². The maximum absolute atomic E-state index is 11.6. The molecule has 3 nitrogen and oxygen atoms in total. The summed E-state index contributed by atoms with van der Waals surface area (Å²) in [6.07, 6.45) is 2.23. The Balaban J connectivity index is 2.31. The van der Waals surface area contributed by atoms with Crippen molar-refractivity contribution >= 4 is 17.7 Å². The Morgan fingerprint density at radius 1 is 1.64 bits per heavy atom. The zero-order chi connectivity index (χ0) is 10.4. The number of rotatable bonds is 4. The smallest absolute Gasteiger partial charge is 0.222 e. The molecular formula is C10H19NO2S. The number of hydrogen-bond donors (Lipinski definition) is 1. The predicted molar refractivity (Wildman–Crippen MR) is 59.4 cm³/mol. The summed E-state index contributed by atoms with van der Waals surface area (Å²) in [6, 6.07) is 0. The minimum atomic E-state index is 0.117. The van der Waals surface area contributed by atoms with Crippen LogP contribution in [0.2, 0.25) is 0 Å². The maximum atomic E-state index is 11.6. The fourth-order valence-electron chi connectivity index (χ4n) is 1.58. The Bertz CT molecular complexity index is 187. The van der Waals surface area contributed by atoms with E-state index in [1.165, 1.54) is 0 Å². The van der Waals surface area contributed by atoms with Crippen LogP contribution in [-0.4, -0.2) is 46.6 Å². The van der Waals surface area contributed by atoms with Crippen molar-refractivity contribution in [2.45, 2.75) is 31.4 Å². The summed E-state index contributed by atoms with van der Waals surface area (Å²) in [5.41, 5.74) is 0. The van der Waals surface area contributed by atoms with Crippen molar-refractivity contribution in [2.75, 3.05) is 25.4 Å². The molecule has 0 bridgehead atoms. The van der Waals surface area contributed by atoms with E-state index in [9.17, 15) is 4.79 Å². The molecule has 82 valence electrons. The quantitative estimate of drug-likeness (QED) is 0.767. The van der Waals surface area contributed by atoms with Crippen LogP contribution in [-0.2, 0) is 4.79 Å². The second kappa shape index (κ2) is 6.30.